The molecular weight excluding hydrogens is 247 g/mol. The third-order valence-corrected chi connectivity index (χ3v) is 2.38. The highest BCUT2D eigenvalue weighted by Gasteiger charge is 2.32. The Kier molecular flexibility index (Phi) is 3.14. The van der Waals surface area contributed by atoms with Crippen LogP contribution in [0.2, 0.25) is 0 Å². The number of nitroso groups, excluding NO2 is 1. The molecule has 94 valence electrons. The molecule has 2 rings (SSSR count). The van der Waals surface area contributed by atoms with Gasteiger partial charge in [0.2, 0.25) is 0 Å². The van der Waals surface area contributed by atoms with Crippen LogP contribution >= 0.6 is 0 Å². The second kappa shape index (κ2) is 4.59. The number of hydrogen-bond acceptors (Lipinski definition) is 3. The molecule has 4 nitrogen and oxygen atoms in total. The summed E-state index contributed by atoms with van der Waals surface area (Å²) in [6.45, 7) is -0.0643. The zero-order chi connectivity index (χ0) is 13.2. The minimum atomic E-state index is -4.41. The summed E-state index contributed by atoms with van der Waals surface area (Å²) in [6.07, 6.45) is -1.92. The first-order valence-corrected chi connectivity index (χ1v) is 5.01. The van der Waals surface area contributed by atoms with Gasteiger partial charge in [-0.1, -0.05) is 18.2 Å². The Morgan fingerprint density at radius 2 is 2.00 bits per heavy atom. The number of aromatic nitrogens is 2. The molecule has 0 amide bonds. The van der Waals surface area contributed by atoms with E-state index in [1.54, 1.807) is 0 Å². The Balaban J connectivity index is 2.31. The van der Waals surface area contributed by atoms with E-state index in [0.29, 0.717) is 0 Å². The molecule has 0 fully saturated rings. The Morgan fingerprint density at radius 3 is 2.61 bits per heavy atom. The first kappa shape index (κ1) is 12.3. The van der Waals surface area contributed by atoms with Gasteiger partial charge in [-0.05, 0) is 16.8 Å². The second-order valence-corrected chi connectivity index (χ2v) is 3.64. The molecule has 0 aliphatic heterocycles. The Hall–Kier alpha value is -2.18. The van der Waals surface area contributed by atoms with Crippen molar-refractivity contribution in [2.45, 2.75) is 12.7 Å². The summed E-state index contributed by atoms with van der Waals surface area (Å²) in [5.41, 5.74) is -0.536. The maximum Gasteiger partial charge on any atom is 0.416 e. The van der Waals surface area contributed by atoms with E-state index in [2.05, 4.69) is 10.3 Å². The molecule has 7 heteroatoms. The van der Waals surface area contributed by atoms with Crippen LogP contribution in [-0.4, -0.2) is 9.78 Å². The van der Waals surface area contributed by atoms with Gasteiger partial charge in [0.25, 0.3) is 0 Å². The van der Waals surface area contributed by atoms with Crippen LogP contribution in [0.3, 0.4) is 0 Å². The lowest BCUT2D eigenvalue weighted by atomic mass is 10.1. The number of rotatable bonds is 3. The fourth-order valence-electron chi connectivity index (χ4n) is 1.60. The third-order valence-electron chi connectivity index (χ3n) is 2.38. The van der Waals surface area contributed by atoms with Crippen molar-refractivity contribution in [3.63, 3.8) is 0 Å². The van der Waals surface area contributed by atoms with Crippen LogP contribution in [0.4, 0.5) is 18.9 Å². The van der Waals surface area contributed by atoms with E-state index in [-0.39, 0.29) is 17.8 Å². The van der Waals surface area contributed by atoms with Gasteiger partial charge in [-0.15, -0.1) is 4.91 Å². The normalized spacial score (nSPS) is 11.5. The van der Waals surface area contributed by atoms with Gasteiger partial charge in [0.05, 0.1) is 24.5 Å². The van der Waals surface area contributed by atoms with Gasteiger partial charge in [-0.25, -0.2) is 0 Å². The molecule has 0 spiro atoms. The van der Waals surface area contributed by atoms with E-state index in [4.69, 9.17) is 0 Å². The molecule has 0 saturated carbocycles. The van der Waals surface area contributed by atoms with Gasteiger partial charge in [0, 0.05) is 0 Å². The van der Waals surface area contributed by atoms with Crippen molar-refractivity contribution in [1.82, 2.24) is 9.78 Å². The van der Waals surface area contributed by atoms with Crippen molar-refractivity contribution < 1.29 is 13.2 Å². The van der Waals surface area contributed by atoms with Gasteiger partial charge in [-0.3, -0.25) is 4.68 Å². The average molecular weight is 255 g/mol. The van der Waals surface area contributed by atoms with Gasteiger partial charge in [0.15, 0.2) is 0 Å². The fraction of sp³-hybridized carbons (Fsp3) is 0.182. The number of halogens is 3. The van der Waals surface area contributed by atoms with E-state index in [0.717, 1.165) is 6.07 Å². The Labute approximate surface area is 100 Å². The minimum Gasteiger partial charge on any atom is -0.266 e. The van der Waals surface area contributed by atoms with E-state index in [9.17, 15) is 18.1 Å². The summed E-state index contributed by atoms with van der Waals surface area (Å²) < 4.78 is 39.4. The van der Waals surface area contributed by atoms with Crippen LogP contribution in [-0.2, 0) is 12.7 Å². The second-order valence-electron chi connectivity index (χ2n) is 3.64. The smallest absolute Gasteiger partial charge is 0.266 e. The summed E-state index contributed by atoms with van der Waals surface area (Å²) in [5.74, 6) is 0. The molecule has 0 aliphatic rings. The summed E-state index contributed by atoms with van der Waals surface area (Å²) in [6, 6.07) is 5.23. The predicted molar refractivity (Wildman–Crippen MR) is 58.2 cm³/mol. The number of hydrogen-bond donors (Lipinski definition) is 0. The van der Waals surface area contributed by atoms with Crippen LogP contribution in [0, 0.1) is 4.91 Å². The van der Waals surface area contributed by atoms with Crippen LogP contribution in [0.15, 0.2) is 41.8 Å². The highest BCUT2D eigenvalue weighted by molar-refractivity contribution is 5.32. The minimum absolute atomic E-state index is 0.0643. The van der Waals surface area contributed by atoms with E-state index < -0.39 is 11.7 Å². The molecular formula is C11H8F3N3O. The van der Waals surface area contributed by atoms with Crippen molar-refractivity contribution >= 4 is 5.69 Å². The topological polar surface area (TPSA) is 47.2 Å². The van der Waals surface area contributed by atoms with Crippen molar-refractivity contribution in [1.29, 1.82) is 0 Å². The molecule has 0 N–H and O–H groups in total. The van der Waals surface area contributed by atoms with Gasteiger partial charge >= 0.3 is 6.18 Å². The number of alkyl halides is 3. The molecule has 1 heterocycles. The fourth-order valence-corrected chi connectivity index (χ4v) is 1.60. The molecule has 0 atom stereocenters. The van der Waals surface area contributed by atoms with Gasteiger partial charge < -0.3 is 0 Å². The summed E-state index contributed by atoms with van der Waals surface area (Å²) >= 11 is 0. The van der Waals surface area contributed by atoms with Crippen molar-refractivity contribution in [3.8, 4) is 0 Å². The van der Waals surface area contributed by atoms with Crippen LogP contribution in [0.5, 0.6) is 0 Å². The first-order chi connectivity index (χ1) is 8.50. The van der Waals surface area contributed by atoms with Crippen LogP contribution < -0.4 is 0 Å². The predicted octanol–water partition coefficient (Wildman–Crippen LogP) is 3.35. The lowest BCUT2D eigenvalue weighted by Gasteiger charge is -2.12. The van der Waals surface area contributed by atoms with E-state index >= 15 is 0 Å². The van der Waals surface area contributed by atoms with Crippen molar-refractivity contribution in [2.75, 3.05) is 0 Å². The lowest BCUT2D eigenvalue weighted by Crippen LogP contribution is -2.11. The number of benzene rings is 1. The van der Waals surface area contributed by atoms with E-state index in [1.165, 1.54) is 35.3 Å². The quantitative estimate of drug-likeness (QED) is 0.789. The summed E-state index contributed by atoms with van der Waals surface area (Å²) in [7, 11) is 0. The zero-order valence-electron chi connectivity index (χ0n) is 9.05. The Morgan fingerprint density at radius 1 is 1.28 bits per heavy atom. The van der Waals surface area contributed by atoms with Crippen LogP contribution in [0.25, 0.3) is 0 Å². The van der Waals surface area contributed by atoms with Crippen molar-refractivity contribution in [3.05, 3.63) is 52.7 Å². The molecule has 18 heavy (non-hydrogen) atoms. The lowest BCUT2D eigenvalue weighted by molar-refractivity contribution is -0.138. The first-order valence-electron chi connectivity index (χ1n) is 5.01. The largest absolute Gasteiger partial charge is 0.416 e. The highest BCUT2D eigenvalue weighted by atomic mass is 19.4. The molecule has 0 bridgehead atoms. The molecule has 1 aromatic heterocycles. The maximum absolute atomic E-state index is 12.7. The standard InChI is InChI=1S/C11H8F3N3O/c12-11(13,14)10-4-2-1-3-8(10)6-17-7-9(16-18)5-15-17/h1-5,7H,6H2. The molecule has 2 aromatic rings. The van der Waals surface area contributed by atoms with E-state index in [1.807, 2.05) is 0 Å². The van der Waals surface area contributed by atoms with Crippen LogP contribution in [0.1, 0.15) is 11.1 Å². The maximum atomic E-state index is 12.7. The molecule has 0 radical (unpaired) electrons. The molecule has 0 aliphatic carbocycles. The van der Waals surface area contributed by atoms with Gasteiger partial charge in [0.1, 0.15) is 5.69 Å². The number of nitrogens with zero attached hydrogens (tertiary/aromatic N) is 3. The Bertz CT molecular complexity index is 563. The summed E-state index contributed by atoms with van der Waals surface area (Å²) in [5, 5.41) is 6.41. The molecule has 0 unspecified atom stereocenters. The van der Waals surface area contributed by atoms with Gasteiger partial charge in [-0.2, -0.15) is 18.3 Å². The summed E-state index contributed by atoms with van der Waals surface area (Å²) in [4.78, 5) is 10.2. The monoisotopic (exact) mass is 255 g/mol. The highest BCUT2D eigenvalue weighted by Crippen LogP contribution is 2.32. The zero-order valence-corrected chi connectivity index (χ0v) is 9.05. The SMILES string of the molecule is O=Nc1cnn(Cc2ccccc2C(F)(F)F)c1. The average Bonchev–Trinajstić information content (AvgIpc) is 2.76. The molecule has 1 aromatic carbocycles. The molecule has 0 saturated heterocycles. The third kappa shape index (κ3) is 2.55. The van der Waals surface area contributed by atoms with Crippen molar-refractivity contribution in [2.24, 2.45) is 5.18 Å².